The van der Waals surface area contributed by atoms with E-state index >= 15 is 0 Å². The van der Waals surface area contributed by atoms with Crippen LogP contribution in [0.15, 0.2) is 30.6 Å². The number of rotatable bonds is 2. The zero-order valence-electron chi connectivity index (χ0n) is 13.5. The molecule has 0 unspecified atom stereocenters. The maximum atomic E-state index is 12.6. The summed E-state index contributed by atoms with van der Waals surface area (Å²) in [4.78, 5) is 18.8. The van der Waals surface area contributed by atoms with Gasteiger partial charge in [0.2, 0.25) is 0 Å². The van der Waals surface area contributed by atoms with E-state index in [2.05, 4.69) is 23.1 Å². The Morgan fingerprint density at radius 1 is 1.17 bits per heavy atom. The van der Waals surface area contributed by atoms with E-state index in [9.17, 15) is 4.79 Å². The molecule has 4 heterocycles. The summed E-state index contributed by atoms with van der Waals surface area (Å²) < 4.78 is 3.92. The molecular weight excluding hydrogens is 290 g/mol. The molecule has 0 aliphatic carbocycles. The van der Waals surface area contributed by atoms with Crippen LogP contribution in [0.4, 0.5) is 0 Å². The molecule has 1 aliphatic heterocycles. The van der Waals surface area contributed by atoms with E-state index in [4.69, 9.17) is 0 Å². The van der Waals surface area contributed by atoms with Crippen LogP contribution in [-0.4, -0.2) is 43.1 Å². The normalized spacial score (nSPS) is 15.2. The Labute approximate surface area is 134 Å². The van der Waals surface area contributed by atoms with Crippen LogP contribution < -0.4 is 0 Å². The van der Waals surface area contributed by atoms with Crippen LogP contribution in [-0.2, 0) is 0 Å². The van der Waals surface area contributed by atoms with Gasteiger partial charge in [0.05, 0.1) is 11.7 Å². The molecule has 0 bridgehead atoms. The standard InChI is InChI=1S/C17H19N5O/c1-11-4-5-16-18-15(10-20(16)7-11)17(23)21-8-14(9-21)22-13(3)6-12(2)19-22/h4-7,10,14H,8-9H2,1-3H3. The summed E-state index contributed by atoms with van der Waals surface area (Å²) in [6, 6.07) is 6.27. The number of carbonyl (C=O) groups excluding carboxylic acids is 1. The first-order chi connectivity index (χ1) is 11.0. The Kier molecular flexibility index (Phi) is 3.01. The van der Waals surface area contributed by atoms with Crippen LogP contribution in [0, 0.1) is 20.8 Å². The molecule has 0 aromatic carbocycles. The first-order valence-electron chi connectivity index (χ1n) is 7.78. The van der Waals surface area contributed by atoms with Gasteiger partial charge in [0.1, 0.15) is 11.3 Å². The Morgan fingerprint density at radius 2 is 1.96 bits per heavy atom. The number of hydrogen-bond donors (Lipinski definition) is 0. The van der Waals surface area contributed by atoms with Gasteiger partial charge in [0.15, 0.2) is 0 Å². The van der Waals surface area contributed by atoms with Gasteiger partial charge in [-0.15, -0.1) is 0 Å². The number of aryl methyl sites for hydroxylation is 3. The highest BCUT2D eigenvalue weighted by atomic mass is 16.2. The first-order valence-corrected chi connectivity index (χ1v) is 7.78. The first kappa shape index (κ1) is 14.0. The Bertz CT molecular complexity index is 901. The summed E-state index contributed by atoms with van der Waals surface area (Å²) in [6.07, 6.45) is 3.79. The maximum absolute atomic E-state index is 12.6. The Balaban J connectivity index is 1.51. The second-order valence-corrected chi connectivity index (χ2v) is 6.33. The van der Waals surface area contributed by atoms with Crippen LogP contribution >= 0.6 is 0 Å². The topological polar surface area (TPSA) is 55.4 Å². The molecule has 1 fully saturated rings. The lowest BCUT2D eigenvalue weighted by molar-refractivity contribution is 0.0492. The largest absolute Gasteiger partial charge is 0.333 e. The van der Waals surface area contributed by atoms with Gasteiger partial charge in [0, 0.05) is 31.2 Å². The highest BCUT2D eigenvalue weighted by Gasteiger charge is 2.34. The van der Waals surface area contributed by atoms with Gasteiger partial charge in [-0.2, -0.15) is 5.10 Å². The maximum Gasteiger partial charge on any atom is 0.274 e. The summed E-state index contributed by atoms with van der Waals surface area (Å²) in [7, 11) is 0. The minimum atomic E-state index is -0.0101. The van der Waals surface area contributed by atoms with Crippen LogP contribution in [0.1, 0.15) is 33.5 Å². The fourth-order valence-electron chi connectivity index (χ4n) is 3.16. The van der Waals surface area contributed by atoms with Crippen molar-refractivity contribution in [2.24, 2.45) is 0 Å². The zero-order chi connectivity index (χ0) is 16.1. The van der Waals surface area contributed by atoms with Crippen molar-refractivity contribution in [2.45, 2.75) is 26.8 Å². The number of hydrogen-bond acceptors (Lipinski definition) is 3. The molecule has 0 spiro atoms. The van der Waals surface area contributed by atoms with Crippen LogP contribution in [0.5, 0.6) is 0 Å². The molecule has 0 atom stereocenters. The number of nitrogens with zero attached hydrogens (tertiary/aromatic N) is 5. The van der Waals surface area contributed by atoms with Crippen LogP contribution in [0.3, 0.4) is 0 Å². The van der Waals surface area contributed by atoms with Gasteiger partial charge >= 0.3 is 0 Å². The monoisotopic (exact) mass is 309 g/mol. The lowest BCUT2D eigenvalue weighted by Crippen LogP contribution is -2.51. The summed E-state index contributed by atoms with van der Waals surface area (Å²) in [5, 5.41) is 4.50. The molecule has 3 aromatic rings. The van der Waals surface area contributed by atoms with Gasteiger partial charge in [-0.05, 0) is 38.5 Å². The van der Waals surface area contributed by atoms with Crippen molar-refractivity contribution in [2.75, 3.05) is 13.1 Å². The van der Waals surface area contributed by atoms with Crippen molar-refractivity contribution < 1.29 is 4.79 Å². The fourth-order valence-corrected chi connectivity index (χ4v) is 3.16. The third-order valence-electron chi connectivity index (χ3n) is 4.36. The van der Waals surface area contributed by atoms with E-state index in [1.165, 1.54) is 0 Å². The molecule has 23 heavy (non-hydrogen) atoms. The summed E-state index contributed by atoms with van der Waals surface area (Å²) in [5.41, 5.74) is 4.60. The average molecular weight is 309 g/mol. The fraction of sp³-hybridized carbons (Fsp3) is 0.353. The number of aromatic nitrogens is 4. The number of fused-ring (bicyclic) bond motifs is 1. The summed E-state index contributed by atoms with van der Waals surface area (Å²) in [6.45, 7) is 7.44. The third kappa shape index (κ3) is 2.30. The molecule has 118 valence electrons. The minimum absolute atomic E-state index is 0.0101. The van der Waals surface area contributed by atoms with Gasteiger partial charge in [0.25, 0.3) is 5.91 Å². The van der Waals surface area contributed by atoms with E-state index in [0.29, 0.717) is 18.8 Å². The molecule has 0 radical (unpaired) electrons. The van der Waals surface area contributed by atoms with Crippen LogP contribution in [0.2, 0.25) is 0 Å². The third-order valence-corrected chi connectivity index (χ3v) is 4.36. The van der Waals surface area contributed by atoms with Crippen molar-refractivity contribution in [3.05, 3.63) is 53.2 Å². The molecule has 6 heteroatoms. The van der Waals surface area contributed by atoms with Gasteiger partial charge < -0.3 is 9.30 Å². The van der Waals surface area contributed by atoms with Gasteiger partial charge in [-0.3, -0.25) is 9.48 Å². The van der Waals surface area contributed by atoms with Gasteiger partial charge in [-0.25, -0.2) is 4.98 Å². The highest BCUT2D eigenvalue weighted by molar-refractivity contribution is 5.93. The number of amides is 1. The Hall–Kier alpha value is -2.63. The second-order valence-electron chi connectivity index (χ2n) is 6.33. The zero-order valence-corrected chi connectivity index (χ0v) is 13.5. The smallest absolute Gasteiger partial charge is 0.274 e. The predicted octanol–water partition coefficient (Wildman–Crippen LogP) is 2.15. The second kappa shape index (κ2) is 4.94. The lowest BCUT2D eigenvalue weighted by Gasteiger charge is -2.39. The molecule has 0 N–H and O–H groups in total. The number of imidazole rings is 1. The van der Waals surface area contributed by atoms with Crippen molar-refractivity contribution in [3.8, 4) is 0 Å². The van der Waals surface area contributed by atoms with Crippen molar-refractivity contribution in [1.82, 2.24) is 24.1 Å². The summed E-state index contributed by atoms with van der Waals surface area (Å²) in [5.74, 6) is -0.0101. The Morgan fingerprint density at radius 3 is 2.65 bits per heavy atom. The number of pyridine rings is 1. The average Bonchev–Trinajstić information content (AvgIpc) is 3.00. The van der Waals surface area contributed by atoms with E-state index in [-0.39, 0.29) is 11.9 Å². The highest BCUT2D eigenvalue weighted by Crippen LogP contribution is 2.24. The van der Waals surface area contributed by atoms with Crippen molar-refractivity contribution >= 4 is 11.6 Å². The minimum Gasteiger partial charge on any atom is -0.333 e. The number of carbonyl (C=O) groups is 1. The molecule has 1 saturated heterocycles. The molecule has 4 rings (SSSR count). The number of likely N-dealkylation sites (tertiary alicyclic amines) is 1. The lowest BCUT2D eigenvalue weighted by atomic mass is 10.1. The van der Waals surface area contributed by atoms with Crippen LogP contribution in [0.25, 0.3) is 5.65 Å². The predicted molar refractivity (Wildman–Crippen MR) is 86.6 cm³/mol. The van der Waals surface area contributed by atoms with Crippen molar-refractivity contribution in [1.29, 1.82) is 0 Å². The van der Waals surface area contributed by atoms with E-state index in [1.54, 1.807) is 6.20 Å². The summed E-state index contributed by atoms with van der Waals surface area (Å²) >= 11 is 0. The SMILES string of the molecule is Cc1ccc2nc(C(=O)N3CC(n4nc(C)cc4C)C3)cn2c1. The molecular formula is C17H19N5O. The molecule has 1 amide bonds. The quantitative estimate of drug-likeness (QED) is 0.729. The van der Waals surface area contributed by atoms with E-state index in [0.717, 1.165) is 22.6 Å². The van der Waals surface area contributed by atoms with E-state index in [1.807, 2.05) is 46.2 Å². The molecule has 6 nitrogen and oxygen atoms in total. The van der Waals surface area contributed by atoms with Crippen molar-refractivity contribution in [3.63, 3.8) is 0 Å². The molecule has 1 aliphatic rings. The molecule has 0 saturated carbocycles. The molecule has 3 aromatic heterocycles. The van der Waals surface area contributed by atoms with Gasteiger partial charge in [-0.1, -0.05) is 6.07 Å². The van der Waals surface area contributed by atoms with E-state index < -0.39 is 0 Å².